The molecule has 0 aromatic rings. The van der Waals surface area contributed by atoms with Gasteiger partial charge in [0.15, 0.2) is 5.79 Å². The van der Waals surface area contributed by atoms with Crippen LogP contribution < -0.4 is 0 Å². The Balaban J connectivity index is 1.40. The van der Waals surface area contributed by atoms with Crippen LogP contribution in [0.5, 0.6) is 0 Å². The van der Waals surface area contributed by atoms with E-state index in [1.54, 1.807) is 0 Å². The van der Waals surface area contributed by atoms with Crippen molar-refractivity contribution < 1.29 is 10.2 Å². The van der Waals surface area contributed by atoms with Gasteiger partial charge in [-0.3, -0.25) is 0 Å². The largest absolute Gasteiger partial charge is 0.366 e. The summed E-state index contributed by atoms with van der Waals surface area (Å²) in [7, 11) is 0. The molecule has 170 valence electrons. The fraction of sp³-hybridized carbons (Fsp3) is 1.00. The Morgan fingerprint density at radius 1 is 0.633 bits per heavy atom. The first kappa shape index (κ1) is 20.8. The minimum atomic E-state index is -1.40. The molecule has 0 aliphatic heterocycles. The van der Waals surface area contributed by atoms with E-state index in [1.165, 1.54) is 70.6 Å². The van der Waals surface area contributed by atoms with E-state index in [1.807, 2.05) is 0 Å². The van der Waals surface area contributed by atoms with Gasteiger partial charge in [-0.25, -0.2) is 0 Å². The van der Waals surface area contributed by atoms with Crippen molar-refractivity contribution in [2.75, 3.05) is 5.75 Å². The lowest BCUT2D eigenvalue weighted by Crippen LogP contribution is -2.61. The van der Waals surface area contributed by atoms with E-state index in [2.05, 4.69) is 12.6 Å². The molecule has 0 bridgehead atoms. The number of rotatable bonds is 4. The summed E-state index contributed by atoms with van der Waals surface area (Å²) in [5, 5.41) is 21.6. The van der Waals surface area contributed by atoms with E-state index in [9.17, 15) is 10.2 Å². The minimum absolute atomic E-state index is 0.578. The molecule has 2 N–H and O–H groups in total. The molecule has 0 amide bonds. The van der Waals surface area contributed by atoms with Crippen LogP contribution in [0.3, 0.4) is 0 Å². The molecule has 11 atom stereocenters. The Morgan fingerprint density at radius 3 is 1.87 bits per heavy atom. The Labute approximate surface area is 189 Å². The molecule has 2 nitrogen and oxygen atoms in total. The van der Waals surface area contributed by atoms with Crippen LogP contribution >= 0.6 is 12.6 Å². The summed E-state index contributed by atoms with van der Waals surface area (Å²) < 4.78 is 0. The Kier molecular flexibility index (Phi) is 5.52. The number of aliphatic hydroxyl groups is 2. The zero-order chi connectivity index (χ0) is 20.5. The van der Waals surface area contributed by atoms with Gasteiger partial charge in [0.1, 0.15) is 0 Å². The number of thiol groups is 1. The standard InChI is InChI=1S/C27H44O2S/c28-27(29)13-12-21-22-16(3-1-2-14-30)4-5-17-6-8-19-9-7-18-10-11-20(15-27)23(21)25(18)26(19)24(17)22/h16-26,28-30H,1-15H2. The predicted octanol–water partition coefficient (Wildman–Crippen LogP) is 5.92. The van der Waals surface area contributed by atoms with Crippen LogP contribution in [0.25, 0.3) is 0 Å². The highest BCUT2D eigenvalue weighted by atomic mass is 32.1. The molecule has 11 unspecified atom stereocenters. The highest BCUT2D eigenvalue weighted by Gasteiger charge is 2.64. The highest BCUT2D eigenvalue weighted by molar-refractivity contribution is 7.80. The normalized spacial score (nSPS) is 53.5. The summed E-state index contributed by atoms with van der Waals surface area (Å²) in [6.45, 7) is 0. The van der Waals surface area contributed by atoms with Crippen molar-refractivity contribution in [1.29, 1.82) is 0 Å². The molecule has 3 heteroatoms. The quantitative estimate of drug-likeness (QED) is 0.293. The van der Waals surface area contributed by atoms with E-state index in [0.717, 1.165) is 71.4 Å². The number of unbranched alkanes of at least 4 members (excludes halogenated alkanes) is 1. The molecule has 0 heterocycles. The molecule has 30 heavy (non-hydrogen) atoms. The number of fused-ring (bicyclic) bond motifs is 1. The van der Waals surface area contributed by atoms with Crippen LogP contribution in [-0.4, -0.2) is 21.8 Å². The van der Waals surface area contributed by atoms with Gasteiger partial charge >= 0.3 is 0 Å². The molecule has 0 saturated heterocycles. The maximum Gasteiger partial charge on any atom is 0.162 e. The molecule has 6 aliphatic rings. The molecule has 6 rings (SSSR count). The SMILES string of the molecule is OC1(O)CCC2C3C(CCCCS)CCC4CCC5CCC6CCC(C1)C2C6C5C43. The van der Waals surface area contributed by atoms with Crippen molar-refractivity contribution in [3.63, 3.8) is 0 Å². The van der Waals surface area contributed by atoms with E-state index in [4.69, 9.17) is 0 Å². The Bertz CT molecular complexity index is 630. The second-order valence-corrected chi connectivity index (χ2v) is 13.1. The maximum atomic E-state index is 10.8. The van der Waals surface area contributed by atoms with Crippen LogP contribution in [-0.2, 0) is 0 Å². The highest BCUT2D eigenvalue weighted by Crippen LogP contribution is 2.70. The number of hydrogen-bond donors (Lipinski definition) is 3. The van der Waals surface area contributed by atoms with Crippen molar-refractivity contribution in [2.24, 2.45) is 65.1 Å². The van der Waals surface area contributed by atoms with Gasteiger partial charge in [0.25, 0.3) is 0 Å². The third kappa shape index (κ3) is 3.26. The fourth-order valence-corrected chi connectivity index (χ4v) is 11.1. The predicted molar refractivity (Wildman–Crippen MR) is 124 cm³/mol. The van der Waals surface area contributed by atoms with Crippen molar-refractivity contribution in [2.45, 2.75) is 95.7 Å². The topological polar surface area (TPSA) is 40.5 Å². The summed E-state index contributed by atoms with van der Waals surface area (Å²) in [6.07, 6.45) is 18.0. The molecule has 0 aromatic heterocycles. The van der Waals surface area contributed by atoms with Gasteiger partial charge in [0, 0.05) is 12.8 Å². The average molecular weight is 433 g/mol. The summed E-state index contributed by atoms with van der Waals surface area (Å²) >= 11 is 4.49. The van der Waals surface area contributed by atoms with Gasteiger partial charge in [-0.1, -0.05) is 12.8 Å². The lowest BCUT2D eigenvalue weighted by Gasteiger charge is -2.67. The molecule has 0 aromatic carbocycles. The molecule has 6 aliphatic carbocycles. The maximum absolute atomic E-state index is 10.8. The van der Waals surface area contributed by atoms with Crippen molar-refractivity contribution in [3.05, 3.63) is 0 Å². The van der Waals surface area contributed by atoms with Crippen LogP contribution in [0.15, 0.2) is 0 Å². The van der Waals surface area contributed by atoms with E-state index in [0.29, 0.717) is 18.8 Å². The molecular weight excluding hydrogens is 388 g/mol. The zero-order valence-corrected chi connectivity index (χ0v) is 19.7. The van der Waals surface area contributed by atoms with E-state index < -0.39 is 5.79 Å². The monoisotopic (exact) mass is 432 g/mol. The van der Waals surface area contributed by atoms with Crippen molar-refractivity contribution in [1.82, 2.24) is 0 Å². The lowest BCUT2D eigenvalue weighted by atomic mass is 9.37. The first-order chi connectivity index (χ1) is 14.6. The zero-order valence-electron chi connectivity index (χ0n) is 18.8. The van der Waals surface area contributed by atoms with E-state index >= 15 is 0 Å². The second-order valence-electron chi connectivity index (χ2n) is 12.6. The van der Waals surface area contributed by atoms with Gasteiger partial charge in [-0.15, -0.1) is 0 Å². The summed E-state index contributed by atoms with van der Waals surface area (Å²) in [4.78, 5) is 0. The molecule has 0 radical (unpaired) electrons. The van der Waals surface area contributed by atoms with Crippen molar-refractivity contribution >= 4 is 12.6 Å². The van der Waals surface area contributed by atoms with Gasteiger partial charge in [0.05, 0.1) is 0 Å². The molecule has 6 saturated carbocycles. The molecule has 0 spiro atoms. The van der Waals surface area contributed by atoms with Crippen LogP contribution in [0.1, 0.15) is 89.9 Å². The fourth-order valence-electron chi connectivity index (χ4n) is 10.9. The smallest absolute Gasteiger partial charge is 0.162 e. The first-order valence-corrected chi connectivity index (χ1v) is 14.3. The van der Waals surface area contributed by atoms with Crippen LogP contribution in [0.4, 0.5) is 0 Å². The third-order valence-corrected chi connectivity index (χ3v) is 11.9. The van der Waals surface area contributed by atoms with Crippen LogP contribution in [0, 0.1) is 65.1 Å². The van der Waals surface area contributed by atoms with Gasteiger partial charge < -0.3 is 10.2 Å². The van der Waals surface area contributed by atoms with Gasteiger partial charge in [0.2, 0.25) is 0 Å². The third-order valence-electron chi connectivity index (χ3n) is 11.6. The minimum Gasteiger partial charge on any atom is -0.366 e. The molecular formula is C27H44O2S. The second kappa shape index (κ2) is 7.94. The first-order valence-electron chi connectivity index (χ1n) is 13.6. The van der Waals surface area contributed by atoms with E-state index in [-0.39, 0.29) is 0 Å². The van der Waals surface area contributed by atoms with Gasteiger partial charge in [-0.05, 0) is 135 Å². The molecule has 6 fully saturated rings. The average Bonchev–Trinajstić information content (AvgIpc) is 2.88. The van der Waals surface area contributed by atoms with Crippen LogP contribution in [0.2, 0.25) is 0 Å². The summed E-state index contributed by atoms with van der Waals surface area (Å²) in [6, 6.07) is 0. The lowest BCUT2D eigenvalue weighted by molar-refractivity contribution is -0.200. The number of hydrogen-bond acceptors (Lipinski definition) is 3. The summed E-state index contributed by atoms with van der Waals surface area (Å²) in [5.74, 6) is 9.47. The Morgan fingerprint density at radius 2 is 1.20 bits per heavy atom. The van der Waals surface area contributed by atoms with Gasteiger partial charge in [-0.2, -0.15) is 12.6 Å². The van der Waals surface area contributed by atoms with Crippen molar-refractivity contribution in [3.8, 4) is 0 Å². The summed E-state index contributed by atoms with van der Waals surface area (Å²) in [5.41, 5.74) is 0. The Hall–Kier alpha value is 0.270.